The highest BCUT2D eigenvalue weighted by molar-refractivity contribution is 9.10. The number of halogens is 2. The van der Waals surface area contributed by atoms with Gasteiger partial charge in [0.1, 0.15) is 17.3 Å². The molecule has 156 valence electrons. The molecule has 0 atom stereocenters. The summed E-state index contributed by atoms with van der Waals surface area (Å²) in [6.07, 6.45) is 0. The van der Waals surface area contributed by atoms with Gasteiger partial charge in [-0.3, -0.25) is 10.1 Å². The summed E-state index contributed by atoms with van der Waals surface area (Å²) in [5, 5.41) is 5.78. The summed E-state index contributed by atoms with van der Waals surface area (Å²) >= 11 is 12.0. The van der Waals surface area contributed by atoms with Crippen LogP contribution in [-0.4, -0.2) is 11.0 Å². The van der Waals surface area contributed by atoms with Crippen molar-refractivity contribution >= 4 is 55.1 Å². The number of benzene rings is 2. The quantitative estimate of drug-likeness (QED) is 0.272. The summed E-state index contributed by atoms with van der Waals surface area (Å²) in [6.45, 7) is 0.345. The van der Waals surface area contributed by atoms with Crippen molar-refractivity contribution in [2.24, 2.45) is 0 Å². The Morgan fingerprint density at radius 2 is 1.32 bits per heavy atom. The first kappa shape index (κ1) is 21.5. The highest BCUT2D eigenvalue weighted by atomic mass is 79.9. The van der Waals surface area contributed by atoms with E-state index in [1.807, 2.05) is 60.7 Å². The first-order valence-electron chi connectivity index (χ1n) is 9.27. The molecule has 4 rings (SSSR count). The van der Waals surface area contributed by atoms with E-state index >= 15 is 0 Å². The molecule has 0 radical (unpaired) electrons. The molecule has 2 aromatic carbocycles. The zero-order valence-electron chi connectivity index (χ0n) is 16.0. The molecule has 2 aromatic heterocycles. The topological polar surface area (TPSA) is 67.4 Å². The molecule has 0 aliphatic rings. The van der Waals surface area contributed by atoms with Crippen LogP contribution in [0.1, 0.15) is 16.3 Å². The zero-order chi connectivity index (χ0) is 21.8. The van der Waals surface area contributed by atoms with Crippen molar-refractivity contribution in [1.82, 2.24) is 10.6 Å². The van der Waals surface area contributed by atoms with Crippen LogP contribution >= 0.6 is 44.1 Å². The third-order valence-corrected chi connectivity index (χ3v) is 5.70. The van der Waals surface area contributed by atoms with E-state index in [4.69, 9.17) is 21.1 Å². The number of rotatable bonds is 5. The van der Waals surface area contributed by atoms with Crippen LogP contribution in [0.15, 0.2) is 90.6 Å². The maximum absolute atomic E-state index is 12.4. The Balaban J connectivity index is 1.31. The number of hydrogen-bond donors (Lipinski definition) is 2. The number of carbonyl (C=O) groups excluding carboxylic acids is 1. The maximum Gasteiger partial charge on any atom is 0.293 e. The second kappa shape index (κ2) is 9.64. The lowest BCUT2D eigenvalue weighted by atomic mass is 10.2. The van der Waals surface area contributed by atoms with Crippen LogP contribution in [0, 0.1) is 0 Å². The van der Waals surface area contributed by atoms with Crippen LogP contribution in [0.5, 0.6) is 0 Å². The predicted octanol–water partition coefficient (Wildman–Crippen LogP) is 6.54. The number of furan rings is 2. The van der Waals surface area contributed by atoms with E-state index in [0.29, 0.717) is 18.1 Å². The molecular formula is C23H16Br2N2O3S. The highest BCUT2D eigenvalue weighted by Crippen LogP contribution is 2.25. The number of thiocarbonyl (C=S) groups is 1. The van der Waals surface area contributed by atoms with Crippen molar-refractivity contribution in [3.8, 4) is 22.6 Å². The third kappa shape index (κ3) is 5.52. The van der Waals surface area contributed by atoms with Crippen molar-refractivity contribution in [1.29, 1.82) is 0 Å². The van der Waals surface area contributed by atoms with Gasteiger partial charge in [-0.15, -0.1) is 0 Å². The van der Waals surface area contributed by atoms with E-state index in [2.05, 4.69) is 42.5 Å². The van der Waals surface area contributed by atoms with Crippen LogP contribution in [0.2, 0.25) is 0 Å². The molecule has 2 heterocycles. The third-order valence-electron chi connectivity index (χ3n) is 4.40. The van der Waals surface area contributed by atoms with Crippen LogP contribution in [-0.2, 0) is 6.54 Å². The molecule has 0 spiro atoms. The highest BCUT2D eigenvalue weighted by Gasteiger charge is 2.14. The fourth-order valence-corrected chi connectivity index (χ4v) is 3.54. The molecule has 0 unspecified atom stereocenters. The first-order valence-corrected chi connectivity index (χ1v) is 11.3. The van der Waals surface area contributed by atoms with E-state index in [0.717, 1.165) is 25.8 Å². The molecule has 8 heteroatoms. The number of amides is 1. The Labute approximate surface area is 201 Å². The molecule has 0 fully saturated rings. The average molecular weight is 560 g/mol. The molecule has 0 bridgehead atoms. The minimum absolute atomic E-state index is 0.178. The van der Waals surface area contributed by atoms with E-state index in [9.17, 15) is 4.79 Å². The van der Waals surface area contributed by atoms with E-state index < -0.39 is 5.91 Å². The molecule has 1 amide bonds. The van der Waals surface area contributed by atoms with Crippen LogP contribution in [0.25, 0.3) is 22.6 Å². The maximum atomic E-state index is 12.4. The lowest BCUT2D eigenvalue weighted by Crippen LogP contribution is -2.38. The Morgan fingerprint density at radius 1 is 0.774 bits per heavy atom. The molecule has 0 aliphatic heterocycles. The monoisotopic (exact) mass is 558 g/mol. The smallest absolute Gasteiger partial charge is 0.293 e. The molecule has 4 aromatic rings. The Kier molecular flexibility index (Phi) is 6.70. The van der Waals surface area contributed by atoms with Crippen molar-refractivity contribution in [2.45, 2.75) is 6.54 Å². The van der Waals surface area contributed by atoms with Gasteiger partial charge in [-0.05, 0) is 60.7 Å². The summed E-state index contributed by atoms with van der Waals surface area (Å²) in [6, 6.07) is 22.6. The summed E-state index contributed by atoms with van der Waals surface area (Å²) in [7, 11) is 0. The molecule has 0 aliphatic carbocycles. The summed E-state index contributed by atoms with van der Waals surface area (Å²) in [5.74, 6) is 1.82. The second-order valence-corrected chi connectivity index (χ2v) is 8.82. The van der Waals surface area contributed by atoms with Crippen molar-refractivity contribution in [3.05, 3.63) is 93.3 Å². The molecular weight excluding hydrogens is 544 g/mol. The van der Waals surface area contributed by atoms with Gasteiger partial charge >= 0.3 is 0 Å². The number of nitrogens with one attached hydrogen (secondary N) is 2. The van der Waals surface area contributed by atoms with Crippen molar-refractivity contribution < 1.29 is 13.6 Å². The lowest BCUT2D eigenvalue weighted by molar-refractivity contribution is 0.0950. The minimum Gasteiger partial charge on any atom is -0.459 e. The van der Waals surface area contributed by atoms with Crippen LogP contribution < -0.4 is 10.6 Å². The standard InChI is InChI=1S/C23H16Br2N2O3S/c24-16-5-1-14(2-6-16)19-10-9-18(29-19)13-26-23(31)27-22(28)21-12-11-20(30-21)15-3-7-17(25)8-4-15/h1-12H,13H2,(H2,26,27,28,31). The van der Waals surface area contributed by atoms with Gasteiger partial charge in [0.15, 0.2) is 10.9 Å². The largest absolute Gasteiger partial charge is 0.459 e. The normalized spacial score (nSPS) is 10.6. The van der Waals surface area contributed by atoms with Gasteiger partial charge in [0.05, 0.1) is 6.54 Å². The fraction of sp³-hybridized carbons (Fsp3) is 0.0435. The molecule has 0 saturated carbocycles. The van der Waals surface area contributed by atoms with Crippen LogP contribution in [0.4, 0.5) is 0 Å². The average Bonchev–Trinajstić information content (AvgIpc) is 3.44. The van der Waals surface area contributed by atoms with E-state index in [1.54, 1.807) is 12.1 Å². The zero-order valence-corrected chi connectivity index (χ0v) is 20.0. The van der Waals surface area contributed by atoms with Gasteiger partial charge in [-0.25, -0.2) is 0 Å². The van der Waals surface area contributed by atoms with Crippen LogP contribution in [0.3, 0.4) is 0 Å². The number of hydrogen-bond acceptors (Lipinski definition) is 4. The molecule has 31 heavy (non-hydrogen) atoms. The Morgan fingerprint density at radius 3 is 1.94 bits per heavy atom. The second-order valence-electron chi connectivity index (χ2n) is 6.58. The number of carbonyl (C=O) groups is 1. The van der Waals surface area contributed by atoms with E-state index in [-0.39, 0.29) is 10.9 Å². The fourth-order valence-electron chi connectivity index (χ4n) is 2.85. The summed E-state index contributed by atoms with van der Waals surface area (Å²) in [5.41, 5.74) is 1.85. The van der Waals surface area contributed by atoms with Crippen molar-refractivity contribution in [2.75, 3.05) is 0 Å². The Hall–Kier alpha value is -2.68. The lowest BCUT2D eigenvalue weighted by Gasteiger charge is -2.07. The predicted molar refractivity (Wildman–Crippen MR) is 131 cm³/mol. The molecule has 0 saturated heterocycles. The minimum atomic E-state index is -0.421. The summed E-state index contributed by atoms with van der Waals surface area (Å²) in [4.78, 5) is 12.4. The van der Waals surface area contributed by atoms with Gasteiger partial charge < -0.3 is 14.2 Å². The SMILES string of the molecule is O=C(NC(=S)NCc1ccc(-c2ccc(Br)cc2)o1)c1ccc(-c2ccc(Br)cc2)o1. The van der Waals surface area contributed by atoms with Gasteiger partial charge in [0.25, 0.3) is 5.91 Å². The van der Waals surface area contributed by atoms with E-state index in [1.165, 1.54) is 0 Å². The first-order chi connectivity index (χ1) is 15.0. The van der Waals surface area contributed by atoms with Gasteiger partial charge in [0, 0.05) is 20.1 Å². The van der Waals surface area contributed by atoms with Gasteiger partial charge in [0.2, 0.25) is 0 Å². The van der Waals surface area contributed by atoms with Gasteiger partial charge in [-0.2, -0.15) is 0 Å². The van der Waals surface area contributed by atoms with Gasteiger partial charge in [-0.1, -0.05) is 56.1 Å². The van der Waals surface area contributed by atoms with Crippen molar-refractivity contribution in [3.63, 3.8) is 0 Å². The molecule has 2 N–H and O–H groups in total. The summed E-state index contributed by atoms with van der Waals surface area (Å²) < 4.78 is 13.5. The Bertz CT molecular complexity index is 1210. The molecule has 5 nitrogen and oxygen atoms in total.